The molecule has 2 aromatic rings. The largest absolute Gasteiger partial charge is 0.475 e. The summed E-state index contributed by atoms with van der Waals surface area (Å²) in [5.41, 5.74) is 1.58. The van der Waals surface area contributed by atoms with Crippen LogP contribution < -0.4 is 0 Å². The number of nitrogens with zero attached hydrogens (tertiary/aromatic N) is 6. The zero-order valence-electron chi connectivity index (χ0n) is 26.5. The fraction of sp³-hybridized carbons (Fsp3) is 0.405. The second-order valence-corrected chi connectivity index (χ2v) is 13.5. The number of piperazine rings is 1. The van der Waals surface area contributed by atoms with Crippen molar-refractivity contribution in [1.29, 1.82) is 10.5 Å². The lowest BCUT2D eigenvalue weighted by Gasteiger charge is -2.45. The van der Waals surface area contributed by atoms with Gasteiger partial charge >= 0.3 is 0 Å². The minimum absolute atomic E-state index is 0.0509. The van der Waals surface area contributed by atoms with Gasteiger partial charge in [-0.1, -0.05) is 60.7 Å². The molecule has 3 atom stereocenters. The number of fused-ring (bicyclic) bond motifs is 3. The maximum atomic E-state index is 17.0. The molecular weight excluding hydrogens is 634 g/mol. The number of hydrogen-bond acceptors (Lipinski definition) is 7. The van der Waals surface area contributed by atoms with Crippen molar-refractivity contribution >= 4 is 39.8 Å². The number of carbonyl (C=O) groups excluding carboxylic acids is 1. The number of benzene rings is 2. The Morgan fingerprint density at radius 2 is 1.88 bits per heavy atom. The Morgan fingerprint density at radius 3 is 2.58 bits per heavy atom. The zero-order chi connectivity index (χ0) is 33.6. The maximum absolute atomic E-state index is 17.0. The molecule has 11 heteroatoms. The molecule has 7 rings (SSSR count). The van der Waals surface area contributed by atoms with Gasteiger partial charge in [0.2, 0.25) is 5.90 Å². The van der Waals surface area contributed by atoms with Crippen molar-refractivity contribution in [3.63, 3.8) is 0 Å². The molecular formula is C37H35ClF2N6O2. The average molecular weight is 669 g/mol. The second-order valence-electron chi connectivity index (χ2n) is 13.1. The van der Waals surface area contributed by atoms with Gasteiger partial charge < -0.3 is 14.5 Å². The van der Waals surface area contributed by atoms with Gasteiger partial charge in [0.25, 0.3) is 5.91 Å². The van der Waals surface area contributed by atoms with E-state index < -0.39 is 35.6 Å². The predicted octanol–water partition coefficient (Wildman–Crippen LogP) is 6.47. The van der Waals surface area contributed by atoms with E-state index in [9.17, 15) is 19.7 Å². The Morgan fingerprint density at radius 1 is 1.12 bits per heavy atom. The van der Waals surface area contributed by atoms with Gasteiger partial charge in [-0.25, -0.2) is 13.8 Å². The fourth-order valence-electron chi connectivity index (χ4n) is 8.31. The number of halogens is 3. The molecule has 4 aliphatic heterocycles. The molecule has 246 valence electrons. The van der Waals surface area contributed by atoms with Crippen LogP contribution in [0.1, 0.15) is 37.7 Å². The Hall–Kier alpha value is -4.51. The normalized spacial score (nSPS) is 25.0. The van der Waals surface area contributed by atoms with Crippen LogP contribution >= 0.6 is 11.6 Å². The maximum Gasteiger partial charge on any atom is 0.282 e. The molecule has 3 saturated heterocycles. The zero-order valence-corrected chi connectivity index (χ0v) is 27.2. The van der Waals surface area contributed by atoms with Crippen LogP contribution in [0.3, 0.4) is 0 Å². The summed E-state index contributed by atoms with van der Waals surface area (Å²) in [6.45, 7) is 5.98. The van der Waals surface area contributed by atoms with Crippen molar-refractivity contribution in [1.82, 2.24) is 14.7 Å². The molecule has 2 aromatic carbocycles. The number of aliphatic imine (C=N–C) groups is 1. The lowest BCUT2D eigenvalue weighted by molar-refractivity contribution is -0.133. The number of allylic oxidation sites excluding steroid dienone is 2. The third-order valence-corrected chi connectivity index (χ3v) is 10.9. The van der Waals surface area contributed by atoms with Gasteiger partial charge in [0, 0.05) is 47.2 Å². The number of dihydropyridines is 1. The van der Waals surface area contributed by atoms with E-state index in [1.165, 1.54) is 4.90 Å². The summed E-state index contributed by atoms with van der Waals surface area (Å²) in [5.74, 6) is -2.99. The molecule has 5 aliphatic rings. The summed E-state index contributed by atoms with van der Waals surface area (Å²) in [4.78, 5) is 23.1. The van der Waals surface area contributed by atoms with Crippen molar-refractivity contribution in [2.75, 3.05) is 39.3 Å². The molecule has 0 bridgehead atoms. The third-order valence-electron chi connectivity index (χ3n) is 10.6. The van der Waals surface area contributed by atoms with Gasteiger partial charge in [-0.2, -0.15) is 10.5 Å². The average Bonchev–Trinajstić information content (AvgIpc) is 3.67. The smallest absolute Gasteiger partial charge is 0.282 e. The van der Waals surface area contributed by atoms with E-state index in [0.717, 1.165) is 49.5 Å². The molecule has 4 heterocycles. The first-order valence-corrected chi connectivity index (χ1v) is 16.8. The van der Waals surface area contributed by atoms with Gasteiger partial charge in [0.05, 0.1) is 24.1 Å². The molecule has 1 aliphatic carbocycles. The topological polar surface area (TPSA) is 96.0 Å². The molecule has 0 N–H and O–H groups in total. The van der Waals surface area contributed by atoms with Crippen LogP contribution in [-0.2, 0) is 9.53 Å². The van der Waals surface area contributed by atoms with Crippen molar-refractivity contribution in [2.45, 2.75) is 49.7 Å². The Balaban J connectivity index is 1.30. The number of carbonyl (C=O) groups is 1. The summed E-state index contributed by atoms with van der Waals surface area (Å²) in [5, 5.41) is 22.3. The molecule has 48 heavy (non-hydrogen) atoms. The van der Waals surface area contributed by atoms with E-state index in [2.05, 4.69) is 23.6 Å². The summed E-state index contributed by atoms with van der Waals surface area (Å²) < 4.78 is 37.5. The summed E-state index contributed by atoms with van der Waals surface area (Å²) >= 11 is 6.64. The molecule has 0 aromatic heterocycles. The Kier molecular flexibility index (Phi) is 8.57. The van der Waals surface area contributed by atoms with E-state index >= 15 is 4.39 Å². The van der Waals surface area contributed by atoms with Crippen molar-refractivity contribution < 1.29 is 18.3 Å². The van der Waals surface area contributed by atoms with Crippen molar-refractivity contribution in [3.05, 3.63) is 88.6 Å². The first-order valence-electron chi connectivity index (χ1n) is 16.4. The number of hydrogen-bond donors (Lipinski definition) is 0. The van der Waals surface area contributed by atoms with Gasteiger partial charge in [-0.05, 0) is 55.8 Å². The minimum Gasteiger partial charge on any atom is -0.475 e. The summed E-state index contributed by atoms with van der Waals surface area (Å²) in [6, 6.07) is 13.9. The van der Waals surface area contributed by atoms with E-state index in [-0.39, 0.29) is 43.1 Å². The molecule has 0 spiro atoms. The highest BCUT2D eigenvalue weighted by atomic mass is 35.5. The lowest BCUT2D eigenvalue weighted by Crippen LogP contribution is -2.56. The number of rotatable bonds is 6. The highest BCUT2D eigenvalue weighted by Gasteiger charge is 2.47. The second kappa shape index (κ2) is 12.8. The number of nitriles is 2. The number of ether oxygens (including phenoxy) is 1. The lowest BCUT2D eigenvalue weighted by atomic mass is 9.81. The summed E-state index contributed by atoms with van der Waals surface area (Å²) in [6.07, 6.45) is 7.64. The van der Waals surface area contributed by atoms with Crippen molar-refractivity contribution in [3.8, 4) is 12.1 Å². The third kappa shape index (κ3) is 5.38. The molecule has 8 nitrogen and oxygen atoms in total. The van der Waals surface area contributed by atoms with Crippen molar-refractivity contribution in [2.24, 2.45) is 10.9 Å². The first kappa shape index (κ1) is 32.1. The van der Waals surface area contributed by atoms with Gasteiger partial charge in [0.15, 0.2) is 5.83 Å². The molecule has 2 unspecified atom stereocenters. The fourth-order valence-corrected chi connectivity index (χ4v) is 8.59. The van der Waals surface area contributed by atoms with Crippen LogP contribution in [0.2, 0.25) is 5.02 Å². The standard InChI is InChI=1S/C37H35ClF2N6O2/c1-23(39)36(47)46-19-18-44(21-25(46)12-15-41)34-28-11-10-27(26-8-2-6-24-7-3-9-30(38)31(24)26)32(40)33(28)43-35(29(34)20-42)48-22-37-13-4-16-45(37)17-5-14-37/h2-3,6-11,25,28,33H,1,4-5,12-14,16-19,21-22H2/t25-,28?,33?/m0/s1. The van der Waals surface area contributed by atoms with E-state index in [1.807, 2.05) is 41.3 Å². The highest BCUT2D eigenvalue weighted by molar-refractivity contribution is 6.36. The van der Waals surface area contributed by atoms with Gasteiger partial charge in [-0.3, -0.25) is 9.69 Å². The number of amides is 1. The monoisotopic (exact) mass is 668 g/mol. The Bertz CT molecular complexity index is 1890. The minimum atomic E-state index is -1.10. The quantitative estimate of drug-likeness (QED) is 0.328. The van der Waals surface area contributed by atoms with Gasteiger partial charge in [0.1, 0.15) is 30.1 Å². The van der Waals surface area contributed by atoms with Crippen LogP contribution in [0.4, 0.5) is 8.78 Å². The molecule has 1 amide bonds. The van der Waals surface area contributed by atoms with Crippen LogP contribution in [0.15, 0.2) is 83.0 Å². The van der Waals surface area contributed by atoms with Crippen LogP contribution in [0.5, 0.6) is 0 Å². The van der Waals surface area contributed by atoms with E-state index in [4.69, 9.17) is 21.3 Å². The van der Waals surface area contributed by atoms with Crippen LogP contribution in [0.25, 0.3) is 16.3 Å². The first-order chi connectivity index (χ1) is 23.3. The van der Waals surface area contributed by atoms with E-state index in [0.29, 0.717) is 28.5 Å². The Labute approximate surface area is 283 Å². The van der Waals surface area contributed by atoms with Crippen LogP contribution in [-0.4, -0.2) is 83.5 Å². The SMILES string of the molecule is C=C(F)C(=O)N1CCN(C2=C(C#N)C(OCC34CCCN3CCC4)=NC3C(F)=C(c4cccc5cccc(Cl)c45)C=CC23)C[C@@H]1CC#N. The highest BCUT2D eigenvalue weighted by Crippen LogP contribution is 2.45. The summed E-state index contributed by atoms with van der Waals surface area (Å²) in [7, 11) is 0. The predicted molar refractivity (Wildman–Crippen MR) is 180 cm³/mol. The molecule has 0 saturated carbocycles. The van der Waals surface area contributed by atoms with E-state index in [1.54, 1.807) is 12.1 Å². The molecule has 3 fully saturated rings. The van der Waals surface area contributed by atoms with Crippen LogP contribution in [0, 0.1) is 28.6 Å². The van der Waals surface area contributed by atoms with Gasteiger partial charge in [-0.15, -0.1) is 0 Å². The molecule has 0 radical (unpaired) electrons.